The molecule has 6 heterocycles. The maximum absolute atomic E-state index is 13.4. The van der Waals surface area contributed by atoms with Crippen LogP contribution in [0, 0.1) is 27.6 Å². The zero-order valence-electron chi connectivity index (χ0n) is 52.6. The van der Waals surface area contributed by atoms with Crippen LogP contribution < -0.4 is 22.9 Å². The van der Waals surface area contributed by atoms with Crippen LogP contribution in [-0.4, -0.2) is 110 Å². The van der Waals surface area contributed by atoms with E-state index in [0.717, 1.165) is 12.1 Å². The molecule has 0 bridgehead atoms. The highest BCUT2D eigenvalue weighted by Crippen LogP contribution is 2.43. The number of hydrogen-bond donors (Lipinski definition) is 9. The normalized spacial score (nSPS) is 14.4. The van der Waals surface area contributed by atoms with Crippen molar-refractivity contribution >= 4 is 51.9 Å². The molecule has 6 aromatic heterocycles. The number of hydrogen-bond acceptors (Lipinski definition) is 17. The lowest BCUT2D eigenvalue weighted by Gasteiger charge is -2.28. The second-order valence-corrected chi connectivity index (χ2v) is 23.3. The molecule has 3 aromatic carbocycles. The fourth-order valence-corrected chi connectivity index (χ4v) is 9.19. The van der Waals surface area contributed by atoms with Gasteiger partial charge in [0.1, 0.15) is 11.4 Å². The van der Waals surface area contributed by atoms with Crippen LogP contribution in [0.2, 0.25) is 0 Å². The van der Waals surface area contributed by atoms with E-state index in [1.165, 1.54) is 65.7 Å². The van der Waals surface area contributed by atoms with E-state index in [2.05, 4.69) is 29.9 Å². The molecule has 2 unspecified atom stereocenters. The molecule has 0 saturated heterocycles. The zero-order chi connectivity index (χ0) is 68.3. The molecule has 21 nitrogen and oxygen atoms in total. The number of nitrogens with zero attached hydrogens (tertiary/aromatic N) is 9. The Bertz CT molecular complexity index is 4280. The van der Waals surface area contributed by atoms with Crippen molar-refractivity contribution in [3.63, 3.8) is 0 Å². The predicted molar refractivity (Wildman–Crippen MR) is 317 cm³/mol. The summed E-state index contributed by atoms with van der Waals surface area (Å²) in [7, 11) is 0. The Balaban J connectivity index is 0.000000195. The highest BCUT2D eigenvalue weighted by atomic mass is 19.4. The van der Waals surface area contributed by atoms with E-state index in [-0.39, 0.29) is 88.5 Å². The lowest BCUT2D eigenvalue weighted by atomic mass is 9.89. The lowest BCUT2D eigenvalue weighted by molar-refractivity contribution is -0.258. The molecule has 0 saturated carbocycles. The Morgan fingerprint density at radius 2 is 0.886 bits per heavy atom. The van der Waals surface area contributed by atoms with Gasteiger partial charge in [0.05, 0.1) is 58.2 Å². The molecule has 9 aromatic rings. The van der Waals surface area contributed by atoms with Crippen molar-refractivity contribution in [1.29, 1.82) is 0 Å². The maximum atomic E-state index is 13.4. The van der Waals surface area contributed by atoms with Crippen molar-refractivity contribution in [2.24, 2.45) is 5.73 Å². The number of primary amides is 1. The van der Waals surface area contributed by atoms with E-state index < -0.39 is 58.7 Å². The largest absolute Gasteiger partial charge is 0.430 e. The van der Waals surface area contributed by atoms with Crippen LogP contribution in [0.4, 0.5) is 43.8 Å². The summed E-state index contributed by atoms with van der Waals surface area (Å²) in [6, 6.07) is 12.0. The molecule has 9 rings (SSSR count). The molecule has 13 N–H and O–H groups in total. The van der Waals surface area contributed by atoms with Gasteiger partial charge in [-0.3, -0.25) is 27.6 Å². The van der Waals surface area contributed by atoms with Crippen LogP contribution in [0.15, 0.2) is 91.8 Å². The minimum absolute atomic E-state index is 0.0125. The standard InChI is InChI=1S/C22H25F3N4O3.C22H28N4O3.C17H16F3N5O2/c1-12-5-6-13(21(4,32)22(23,24)25)9-14(12)16-10-27-19-18(26)28-15(11-29(16)19)17(30)7-8-20(2,3)31;1-13-6-7-14(22(4,5)29)10-15(13)17-11-24-20-19(23)25-16(12-26(17)20)18(27)8-9-21(2,3)28;1-8-3-4-10(16(27,15(22)26)17(18,19)20)5-11(8)12-6-23-14-13(21)24-9(2)7-25(12)14/h5-6,9-11,31-32H,7-8H2,1-4H3,(H2,26,28);6-7,10-12,28-29H,8-9H2,1-5H3,(H2,23,25);3-7,27H,1-2H3,(H2,21,24)(H2,22,26)/i;1D3;. The molecule has 27 heteroatoms. The molecule has 468 valence electrons. The van der Waals surface area contributed by atoms with Gasteiger partial charge in [0.15, 0.2) is 51.6 Å². The number of aryl methyl sites for hydroxylation is 4. The molecule has 88 heavy (non-hydrogen) atoms. The average Bonchev–Trinajstić information content (AvgIpc) is 1.80. The van der Waals surface area contributed by atoms with Crippen molar-refractivity contribution in [3.8, 4) is 33.8 Å². The number of halogens is 6. The minimum Gasteiger partial charge on any atom is -0.390 e. The summed E-state index contributed by atoms with van der Waals surface area (Å²) in [4.78, 5) is 61.7. The van der Waals surface area contributed by atoms with Gasteiger partial charge >= 0.3 is 12.4 Å². The van der Waals surface area contributed by atoms with Crippen LogP contribution in [0.5, 0.6) is 0 Å². The first-order valence-corrected chi connectivity index (χ1v) is 27.0. The van der Waals surface area contributed by atoms with Gasteiger partial charge in [0.25, 0.3) is 11.5 Å². The molecule has 0 aliphatic carbocycles. The number of anilines is 3. The monoisotopic (exact) mass is 1230 g/mol. The van der Waals surface area contributed by atoms with Crippen LogP contribution in [0.3, 0.4) is 0 Å². The van der Waals surface area contributed by atoms with Crippen molar-refractivity contribution in [2.75, 3.05) is 17.2 Å². The molecule has 1 amide bonds. The molecular weight excluding hydrogens is 1160 g/mol. The fraction of sp³-hybridized carbons (Fsp3) is 0.361. The topological polar surface area (TPSA) is 347 Å². The predicted octanol–water partition coefficient (Wildman–Crippen LogP) is 8.87. The zero-order valence-corrected chi connectivity index (χ0v) is 49.6. The van der Waals surface area contributed by atoms with Crippen LogP contribution >= 0.6 is 0 Å². The number of aliphatic hydroxyl groups is 5. The number of carbonyl (C=O) groups excluding carboxylic acids is 3. The number of alkyl halides is 6. The number of benzene rings is 3. The van der Waals surface area contributed by atoms with Gasteiger partial charge in [0.2, 0.25) is 0 Å². The van der Waals surface area contributed by atoms with Gasteiger partial charge < -0.3 is 48.5 Å². The third kappa shape index (κ3) is 13.9. The maximum Gasteiger partial charge on any atom is 0.430 e. The van der Waals surface area contributed by atoms with Gasteiger partial charge in [-0.25, -0.2) is 29.9 Å². The van der Waals surface area contributed by atoms with Crippen molar-refractivity contribution < 1.29 is 70.4 Å². The Morgan fingerprint density at radius 3 is 1.27 bits per heavy atom. The van der Waals surface area contributed by atoms with Gasteiger partial charge in [-0.15, -0.1) is 0 Å². The van der Waals surface area contributed by atoms with Gasteiger partial charge in [-0.05, 0) is 135 Å². The summed E-state index contributed by atoms with van der Waals surface area (Å²) < 4.78 is 109. The fourth-order valence-electron chi connectivity index (χ4n) is 9.19. The van der Waals surface area contributed by atoms with E-state index in [1.54, 1.807) is 89.4 Å². The van der Waals surface area contributed by atoms with E-state index in [4.69, 9.17) is 27.0 Å². The molecule has 0 spiro atoms. The molecule has 0 aliphatic rings. The van der Waals surface area contributed by atoms with E-state index in [9.17, 15) is 66.3 Å². The van der Waals surface area contributed by atoms with Crippen LogP contribution in [-0.2, 0) is 21.6 Å². The van der Waals surface area contributed by atoms with E-state index in [0.29, 0.717) is 68.7 Å². The molecule has 0 fully saturated rings. The molecule has 0 radical (unpaired) electrons. The number of Topliss-reactive ketones (excluding diaryl/α,β-unsaturated/α-hetero) is 2. The molecule has 0 aliphatic heterocycles. The average molecular weight is 1230 g/mol. The number of imidazole rings is 3. The van der Waals surface area contributed by atoms with Crippen molar-refractivity contribution in [2.45, 2.75) is 142 Å². The second kappa shape index (κ2) is 24.0. The van der Waals surface area contributed by atoms with Crippen LogP contribution in [0.25, 0.3) is 50.7 Å². The van der Waals surface area contributed by atoms with Crippen LogP contribution in [0.1, 0.15) is 138 Å². The number of aromatic nitrogens is 9. The minimum atomic E-state index is -5.28. The molecule has 2 atom stereocenters. The summed E-state index contributed by atoms with van der Waals surface area (Å²) >= 11 is 0. The third-order valence-corrected chi connectivity index (χ3v) is 14.5. The summed E-state index contributed by atoms with van der Waals surface area (Å²) in [5.41, 5.74) is 17.3. The summed E-state index contributed by atoms with van der Waals surface area (Å²) in [5.74, 6) is -2.38. The highest BCUT2D eigenvalue weighted by Gasteiger charge is 2.60. The summed E-state index contributed by atoms with van der Waals surface area (Å²) in [6.07, 6.45) is -0.730. The highest BCUT2D eigenvalue weighted by molar-refractivity contribution is 5.96. The number of fused-ring (bicyclic) bond motifs is 3. The smallest absolute Gasteiger partial charge is 0.390 e. The van der Waals surface area contributed by atoms with Crippen molar-refractivity contribution in [3.05, 3.63) is 142 Å². The SMILES string of the molecule is Cc1ccc(C(C)(O)C(F)(F)F)cc1-c1cnc2c(N)nc(C(=O)CCC(C)(C)O)cn12.Cc1cn2c(-c3cc(C(O)(C(N)=O)C(F)(F)F)ccc3C)cnc2c(N)n1.[2H]C([2H])([2H])c1ccc(C(C)(C)O)cc1-c1cnc2c(N)nc(C(=O)CCC(C)(C)O)cn12. The van der Waals surface area contributed by atoms with Crippen molar-refractivity contribution in [1.82, 2.24) is 43.1 Å². The summed E-state index contributed by atoms with van der Waals surface area (Å²) in [5, 5.41) is 50.4. The first kappa shape index (κ1) is 62.2. The second-order valence-electron chi connectivity index (χ2n) is 23.3. The first-order chi connectivity index (χ1) is 41.7. The van der Waals surface area contributed by atoms with Gasteiger partial charge in [-0.1, -0.05) is 36.4 Å². The number of amides is 1. The summed E-state index contributed by atoms with van der Waals surface area (Å²) in [6.45, 7) is 13.0. The Morgan fingerprint density at radius 1 is 0.523 bits per heavy atom. The third-order valence-electron chi connectivity index (χ3n) is 14.5. The Labute approximate surface area is 505 Å². The number of carbonyl (C=O) groups is 3. The number of rotatable bonds is 15. The van der Waals surface area contributed by atoms with E-state index >= 15 is 0 Å². The quantitative estimate of drug-likeness (QED) is 0.0342. The number of ketones is 2. The Hall–Kier alpha value is -8.89. The Kier molecular flexibility index (Phi) is 17.0. The number of nitrogens with two attached hydrogens (primary N) is 4. The van der Waals surface area contributed by atoms with Gasteiger partial charge in [-0.2, -0.15) is 26.3 Å². The van der Waals surface area contributed by atoms with E-state index in [1.807, 2.05) is 0 Å². The number of nitrogen functional groups attached to an aromatic ring is 3. The first-order valence-electron chi connectivity index (χ1n) is 28.5. The molecular formula is C61H69F6N13O8. The van der Waals surface area contributed by atoms with Gasteiger partial charge in [0, 0.05) is 57.8 Å². The lowest BCUT2D eigenvalue weighted by Crippen LogP contribution is -2.52.